The number of ketones is 2. The van der Waals surface area contributed by atoms with Crippen molar-refractivity contribution in [2.75, 3.05) is 27.2 Å². The molecule has 0 aromatic heterocycles. The van der Waals surface area contributed by atoms with Crippen LogP contribution in [0.5, 0.6) is 0 Å². The Morgan fingerprint density at radius 3 is 2.13 bits per heavy atom. The van der Waals surface area contributed by atoms with Gasteiger partial charge in [0.15, 0.2) is 11.6 Å². The number of hydrogen-bond donors (Lipinski definition) is 1. The minimum absolute atomic E-state index is 0.0671. The van der Waals surface area contributed by atoms with Gasteiger partial charge in [-0.3, -0.25) is 14.5 Å². The zero-order chi connectivity index (χ0) is 11.6. The fourth-order valence-electron chi connectivity index (χ4n) is 1.27. The van der Waals surface area contributed by atoms with Gasteiger partial charge >= 0.3 is 6.09 Å². The lowest BCUT2D eigenvalue weighted by molar-refractivity contribution is -0.126. The molecule has 82 valence electrons. The largest absolute Gasteiger partial charge is 0.465 e. The van der Waals surface area contributed by atoms with Crippen LogP contribution in [0.3, 0.4) is 0 Å². The second-order valence-electron chi connectivity index (χ2n) is 3.49. The number of carbonyl (C=O) groups excluding carboxylic acids is 2. The van der Waals surface area contributed by atoms with Crippen molar-refractivity contribution in [3.8, 4) is 0 Å². The molecule has 1 fully saturated rings. The molecule has 0 spiro atoms. The quantitative estimate of drug-likeness (QED) is 0.471. The first-order valence-corrected chi connectivity index (χ1v) is 4.34. The Morgan fingerprint density at radius 2 is 1.80 bits per heavy atom. The topological polar surface area (TPSA) is 77.9 Å². The molecule has 1 aliphatic rings. The first-order valence-electron chi connectivity index (χ1n) is 4.34. The van der Waals surface area contributed by atoms with Gasteiger partial charge in [-0.25, -0.2) is 4.79 Å². The molecular formula is C9H12N2O4. The third kappa shape index (κ3) is 2.55. The van der Waals surface area contributed by atoms with Crippen LogP contribution in [0.4, 0.5) is 4.79 Å². The van der Waals surface area contributed by atoms with E-state index in [4.69, 9.17) is 5.11 Å². The molecule has 0 aromatic rings. The highest BCUT2D eigenvalue weighted by Gasteiger charge is 2.31. The Balaban J connectivity index is 2.87. The molecule has 0 bridgehead atoms. The molecule has 0 radical (unpaired) electrons. The third-order valence-electron chi connectivity index (χ3n) is 1.93. The summed E-state index contributed by atoms with van der Waals surface area (Å²) in [7, 11) is 3.38. The minimum Gasteiger partial charge on any atom is -0.465 e. The highest BCUT2D eigenvalue weighted by atomic mass is 16.4. The predicted molar refractivity (Wildman–Crippen MR) is 51.4 cm³/mol. The molecule has 15 heavy (non-hydrogen) atoms. The normalized spacial score (nSPS) is 16.7. The van der Waals surface area contributed by atoms with Crippen molar-refractivity contribution in [3.63, 3.8) is 0 Å². The van der Waals surface area contributed by atoms with Crippen LogP contribution in [0.15, 0.2) is 11.8 Å². The second-order valence-corrected chi connectivity index (χ2v) is 3.49. The number of hydrogen-bond acceptors (Lipinski definition) is 4. The van der Waals surface area contributed by atoms with E-state index in [-0.39, 0.29) is 18.7 Å². The zero-order valence-electron chi connectivity index (χ0n) is 8.56. The van der Waals surface area contributed by atoms with E-state index in [1.165, 1.54) is 6.20 Å². The molecule has 0 unspecified atom stereocenters. The Hall–Kier alpha value is -1.85. The number of likely N-dealkylation sites (tertiary alicyclic amines) is 1. The van der Waals surface area contributed by atoms with Crippen molar-refractivity contribution < 1.29 is 19.5 Å². The van der Waals surface area contributed by atoms with Gasteiger partial charge in [0.25, 0.3) is 0 Å². The average molecular weight is 212 g/mol. The van der Waals surface area contributed by atoms with E-state index in [0.717, 1.165) is 4.90 Å². The number of rotatable bonds is 1. The van der Waals surface area contributed by atoms with E-state index in [2.05, 4.69) is 0 Å². The number of amides is 1. The molecule has 1 heterocycles. The lowest BCUT2D eigenvalue weighted by Gasteiger charge is -2.24. The van der Waals surface area contributed by atoms with Crippen LogP contribution in [-0.2, 0) is 9.59 Å². The van der Waals surface area contributed by atoms with E-state index in [1.807, 2.05) is 0 Å². The minimum atomic E-state index is -1.25. The van der Waals surface area contributed by atoms with Crippen LogP contribution >= 0.6 is 0 Å². The van der Waals surface area contributed by atoms with Crippen molar-refractivity contribution in [1.29, 1.82) is 0 Å². The molecule has 6 heteroatoms. The van der Waals surface area contributed by atoms with Crippen molar-refractivity contribution in [2.24, 2.45) is 0 Å². The lowest BCUT2D eigenvalue weighted by atomic mass is 10.0. The third-order valence-corrected chi connectivity index (χ3v) is 1.93. The Bertz CT molecular complexity index is 326. The van der Waals surface area contributed by atoms with Gasteiger partial charge in [0.05, 0.1) is 18.7 Å². The molecule has 1 amide bonds. The summed E-state index contributed by atoms with van der Waals surface area (Å²) in [6.07, 6.45) is 0.171. The summed E-state index contributed by atoms with van der Waals surface area (Å²) < 4.78 is 0. The molecule has 0 aromatic carbocycles. The van der Waals surface area contributed by atoms with Crippen LogP contribution in [0.2, 0.25) is 0 Å². The number of nitrogens with zero attached hydrogens (tertiary/aromatic N) is 2. The smallest absolute Gasteiger partial charge is 0.408 e. The Kier molecular flexibility index (Phi) is 3.08. The SMILES string of the molecule is CN(C)C=C1C(=O)CN(C(=O)O)CC1=O. The van der Waals surface area contributed by atoms with Gasteiger partial charge < -0.3 is 10.0 Å². The van der Waals surface area contributed by atoms with Crippen LogP contribution in [0.1, 0.15) is 0 Å². The fourth-order valence-corrected chi connectivity index (χ4v) is 1.27. The number of carboxylic acid groups (broad SMARTS) is 1. The molecule has 1 aliphatic heterocycles. The lowest BCUT2D eigenvalue weighted by Crippen LogP contribution is -2.45. The van der Waals surface area contributed by atoms with Crippen molar-refractivity contribution >= 4 is 17.7 Å². The molecule has 6 nitrogen and oxygen atoms in total. The van der Waals surface area contributed by atoms with E-state index in [1.54, 1.807) is 19.0 Å². The average Bonchev–Trinajstić information content (AvgIpc) is 2.10. The predicted octanol–water partition coefficient (Wildman–Crippen LogP) is -0.436. The monoisotopic (exact) mass is 212 g/mol. The van der Waals surface area contributed by atoms with E-state index in [9.17, 15) is 14.4 Å². The summed E-state index contributed by atoms with van der Waals surface area (Å²) in [5, 5.41) is 8.63. The summed E-state index contributed by atoms with van der Waals surface area (Å²) in [5.41, 5.74) is 0.0671. The number of Topliss-reactive ketones (excluding diaryl/α,β-unsaturated/α-hetero) is 2. The highest BCUT2D eigenvalue weighted by molar-refractivity contribution is 6.23. The summed E-state index contributed by atoms with van der Waals surface area (Å²) in [5.74, 6) is -0.912. The summed E-state index contributed by atoms with van der Waals surface area (Å²) >= 11 is 0. The number of piperidine rings is 1. The van der Waals surface area contributed by atoms with Gasteiger partial charge in [0.1, 0.15) is 0 Å². The maximum Gasteiger partial charge on any atom is 0.408 e. The van der Waals surface area contributed by atoms with Crippen molar-refractivity contribution in [1.82, 2.24) is 9.80 Å². The van der Waals surface area contributed by atoms with Crippen LogP contribution in [0, 0.1) is 0 Å². The van der Waals surface area contributed by atoms with Gasteiger partial charge in [-0.2, -0.15) is 0 Å². The molecule has 1 N–H and O–H groups in total. The standard InChI is InChI=1S/C9H12N2O4/c1-10(2)3-6-7(12)4-11(9(14)15)5-8(6)13/h3H,4-5H2,1-2H3,(H,14,15). The van der Waals surface area contributed by atoms with Crippen LogP contribution in [-0.4, -0.2) is 59.8 Å². The maximum absolute atomic E-state index is 11.4. The summed E-state index contributed by atoms with van der Waals surface area (Å²) in [4.78, 5) is 35.8. The Morgan fingerprint density at radius 1 is 1.33 bits per heavy atom. The van der Waals surface area contributed by atoms with Gasteiger partial charge in [0, 0.05) is 20.3 Å². The van der Waals surface area contributed by atoms with E-state index < -0.39 is 17.7 Å². The first-order chi connectivity index (χ1) is 6.91. The van der Waals surface area contributed by atoms with Gasteiger partial charge in [-0.15, -0.1) is 0 Å². The zero-order valence-corrected chi connectivity index (χ0v) is 8.56. The van der Waals surface area contributed by atoms with E-state index in [0.29, 0.717) is 0 Å². The molecule has 1 saturated heterocycles. The first kappa shape index (κ1) is 11.2. The maximum atomic E-state index is 11.4. The molecule has 0 aliphatic carbocycles. The van der Waals surface area contributed by atoms with Crippen LogP contribution in [0.25, 0.3) is 0 Å². The second kappa shape index (κ2) is 4.12. The summed E-state index contributed by atoms with van der Waals surface area (Å²) in [6, 6.07) is 0. The summed E-state index contributed by atoms with van der Waals surface area (Å²) in [6.45, 7) is -0.499. The van der Waals surface area contributed by atoms with E-state index >= 15 is 0 Å². The van der Waals surface area contributed by atoms with Crippen LogP contribution < -0.4 is 0 Å². The fraction of sp³-hybridized carbons (Fsp3) is 0.444. The Labute approximate surface area is 86.8 Å². The molecule has 0 atom stereocenters. The van der Waals surface area contributed by atoms with Gasteiger partial charge in [-0.05, 0) is 0 Å². The molecule has 0 saturated carbocycles. The molecule has 1 rings (SSSR count). The number of carbonyl (C=O) groups is 3. The highest BCUT2D eigenvalue weighted by Crippen LogP contribution is 2.10. The van der Waals surface area contributed by atoms with Crippen molar-refractivity contribution in [3.05, 3.63) is 11.8 Å². The van der Waals surface area contributed by atoms with Gasteiger partial charge in [-0.1, -0.05) is 0 Å². The molecular weight excluding hydrogens is 200 g/mol. The van der Waals surface area contributed by atoms with Crippen molar-refractivity contribution in [2.45, 2.75) is 0 Å². The van der Waals surface area contributed by atoms with Gasteiger partial charge in [0.2, 0.25) is 0 Å².